The number of urea groups is 1. The van der Waals surface area contributed by atoms with Gasteiger partial charge in [0, 0.05) is 18.5 Å². The average Bonchev–Trinajstić information content (AvgIpc) is 2.54. The molecule has 1 rings (SSSR count). The van der Waals surface area contributed by atoms with E-state index in [0.717, 1.165) is 4.88 Å². The van der Waals surface area contributed by atoms with Crippen molar-refractivity contribution in [3.05, 3.63) is 28.7 Å². The fraction of sp³-hybridized carbons (Fsp3) is 0.333. The Hall–Kier alpha value is -1.82. The molecule has 98 valence electrons. The van der Waals surface area contributed by atoms with E-state index in [-0.39, 0.29) is 11.6 Å². The molecular formula is C12H16N2O3S. The molecule has 0 aliphatic heterocycles. The lowest BCUT2D eigenvalue weighted by atomic mass is 10.1. The molecule has 18 heavy (non-hydrogen) atoms. The van der Waals surface area contributed by atoms with Gasteiger partial charge in [0.05, 0.1) is 5.56 Å². The zero-order chi connectivity index (χ0) is 13.9. The number of rotatable bonds is 4. The number of anilines is 1. The molecule has 2 amide bonds. The Labute approximate surface area is 110 Å². The summed E-state index contributed by atoms with van der Waals surface area (Å²) in [6.07, 6.45) is 1.60. The second-order valence-corrected chi connectivity index (χ2v) is 5.12. The Morgan fingerprint density at radius 3 is 2.61 bits per heavy atom. The molecule has 0 aliphatic carbocycles. The Kier molecular flexibility index (Phi) is 4.49. The number of aromatic carboxylic acids is 1. The first-order valence-electron chi connectivity index (χ1n) is 5.34. The van der Waals surface area contributed by atoms with Gasteiger partial charge in [-0.15, -0.1) is 17.9 Å². The molecule has 0 spiro atoms. The van der Waals surface area contributed by atoms with E-state index in [4.69, 9.17) is 5.11 Å². The van der Waals surface area contributed by atoms with Crippen LogP contribution in [0.4, 0.5) is 9.80 Å². The molecule has 0 unspecified atom stereocenters. The Morgan fingerprint density at radius 2 is 2.11 bits per heavy atom. The average molecular weight is 268 g/mol. The third-order valence-corrected chi connectivity index (χ3v) is 3.69. The molecule has 0 fully saturated rings. The van der Waals surface area contributed by atoms with Crippen molar-refractivity contribution in [2.75, 3.05) is 18.9 Å². The zero-order valence-electron chi connectivity index (χ0n) is 10.6. The molecular weight excluding hydrogens is 252 g/mol. The van der Waals surface area contributed by atoms with Crippen LogP contribution in [-0.2, 0) is 0 Å². The first kappa shape index (κ1) is 14.2. The maximum absolute atomic E-state index is 11.8. The molecule has 0 bridgehead atoms. The van der Waals surface area contributed by atoms with Gasteiger partial charge in [0.1, 0.15) is 5.00 Å². The van der Waals surface area contributed by atoms with E-state index >= 15 is 0 Å². The first-order valence-corrected chi connectivity index (χ1v) is 6.16. The molecule has 0 radical (unpaired) electrons. The summed E-state index contributed by atoms with van der Waals surface area (Å²) >= 11 is 1.27. The van der Waals surface area contributed by atoms with Crippen LogP contribution in [0.15, 0.2) is 12.7 Å². The van der Waals surface area contributed by atoms with E-state index in [9.17, 15) is 9.59 Å². The molecule has 5 nitrogen and oxygen atoms in total. The fourth-order valence-electron chi connectivity index (χ4n) is 1.44. The van der Waals surface area contributed by atoms with Gasteiger partial charge in [-0.25, -0.2) is 9.59 Å². The van der Waals surface area contributed by atoms with Gasteiger partial charge in [-0.05, 0) is 19.4 Å². The molecule has 1 aromatic heterocycles. The number of hydrogen-bond acceptors (Lipinski definition) is 3. The van der Waals surface area contributed by atoms with Crippen molar-refractivity contribution in [3.8, 4) is 0 Å². The summed E-state index contributed by atoms with van der Waals surface area (Å²) in [6, 6.07) is -0.348. The van der Waals surface area contributed by atoms with Gasteiger partial charge in [-0.1, -0.05) is 6.08 Å². The van der Waals surface area contributed by atoms with E-state index < -0.39 is 5.97 Å². The lowest BCUT2D eigenvalue weighted by Crippen LogP contribution is -2.31. The summed E-state index contributed by atoms with van der Waals surface area (Å²) in [6.45, 7) is 7.50. The summed E-state index contributed by atoms with van der Waals surface area (Å²) < 4.78 is 0. The SMILES string of the molecule is C=CCN(C)C(=O)Nc1sc(C)c(C)c1C(=O)O. The van der Waals surface area contributed by atoms with E-state index in [1.807, 2.05) is 6.92 Å². The van der Waals surface area contributed by atoms with Gasteiger partial charge in [0.15, 0.2) is 0 Å². The van der Waals surface area contributed by atoms with E-state index in [2.05, 4.69) is 11.9 Å². The number of nitrogens with zero attached hydrogens (tertiary/aromatic N) is 1. The Bertz CT molecular complexity index is 494. The van der Waals surface area contributed by atoms with Crippen molar-refractivity contribution >= 4 is 28.3 Å². The molecule has 6 heteroatoms. The van der Waals surface area contributed by atoms with Crippen molar-refractivity contribution in [3.63, 3.8) is 0 Å². The highest BCUT2D eigenvalue weighted by atomic mass is 32.1. The number of thiophene rings is 1. The van der Waals surface area contributed by atoms with E-state index in [0.29, 0.717) is 17.1 Å². The number of carbonyl (C=O) groups excluding carboxylic acids is 1. The standard InChI is InChI=1S/C12H16N2O3S/c1-5-6-14(4)12(17)13-10-9(11(15)16)7(2)8(3)18-10/h5H,1,6H2,2-4H3,(H,13,17)(H,15,16). The van der Waals surface area contributed by atoms with Gasteiger partial charge in [0.25, 0.3) is 0 Å². The molecule has 1 aromatic rings. The molecule has 0 atom stereocenters. The van der Waals surface area contributed by atoms with Crippen LogP contribution < -0.4 is 5.32 Å². The number of amides is 2. The molecule has 0 saturated heterocycles. The maximum atomic E-state index is 11.8. The predicted molar refractivity (Wildman–Crippen MR) is 72.6 cm³/mol. The van der Waals surface area contributed by atoms with Gasteiger partial charge in [-0.3, -0.25) is 5.32 Å². The summed E-state index contributed by atoms with van der Waals surface area (Å²) in [5.74, 6) is -1.03. The minimum Gasteiger partial charge on any atom is -0.478 e. The first-order chi connectivity index (χ1) is 8.38. The highest BCUT2D eigenvalue weighted by molar-refractivity contribution is 7.16. The summed E-state index contributed by atoms with van der Waals surface area (Å²) in [4.78, 5) is 25.2. The topological polar surface area (TPSA) is 69.6 Å². The fourth-order valence-corrected chi connectivity index (χ4v) is 2.48. The zero-order valence-corrected chi connectivity index (χ0v) is 11.4. The largest absolute Gasteiger partial charge is 0.478 e. The van der Waals surface area contributed by atoms with Crippen LogP contribution in [0.5, 0.6) is 0 Å². The molecule has 0 aliphatic rings. The number of likely N-dealkylation sites (N-methyl/N-ethyl adjacent to an activating group) is 1. The number of aryl methyl sites for hydroxylation is 1. The van der Waals surface area contributed by atoms with Crippen molar-refractivity contribution in [2.45, 2.75) is 13.8 Å². The van der Waals surface area contributed by atoms with Crippen LogP contribution in [0, 0.1) is 13.8 Å². The molecule has 1 heterocycles. The summed E-state index contributed by atoms with van der Waals surface area (Å²) in [7, 11) is 1.62. The van der Waals surface area contributed by atoms with Crippen LogP contribution >= 0.6 is 11.3 Å². The van der Waals surface area contributed by atoms with Crippen molar-refractivity contribution in [2.24, 2.45) is 0 Å². The monoisotopic (exact) mass is 268 g/mol. The molecule has 2 N–H and O–H groups in total. The van der Waals surface area contributed by atoms with Crippen molar-refractivity contribution in [1.82, 2.24) is 4.90 Å². The van der Waals surface area contributed by atoms with Crippen molar-refractivity contribution in [1.29, 1.82) is 0 Å². The number of hydrogen-bond donors (Lipinski definition) is 2. The summed E-state index contributed by atoms with van der Waals surface area (Å²) in [5, 5.41) is 12.1. The minimum atomic E-state index is -1.03. The van der Waals surface area contributed by atoms with E-state index in [1.54, 1.807) is 20.0 Å². The highest BCUT2D eigenvalue weighted by Gasteiger charge is 2.21. The molecule has 0 saturated carbocycles. The van der Waals surface area contributed by atoms with Crippen LogP contribution in [0.2, 0.25) is 0 Å². The second-order valence-electron chi connectivity index (χ2n) is 3.89. The molecule has 0 aromatic carbocycles. The van der Waals surface area contributed by atoms with Crippen LogP contribution in [-0.4, -0.2) is 35.6 Å². The van der Waals surface area contributed by atoms with Gasteiger partial charge < -0.3 is 10.0 Å². The number of carboxylic acid groups (broad SMARTS) is 1. The van der Waals surface area contributed by atoms with Crippen LogP contribution in [0.25, 0.3) is 0 Å². The van der Waals surface area contributed by atoms with Crippen LogP contribution in [0.3, 0.4) is 0 Å². The number of nitrogens with one attached hydrogen (secondary N) is 1. The lowest BCUT2D eigenvalue weighted by molar-refractivity contribution is 0.0697. The lowest BCUT2D eigenvalue weighted by Gasteiger charge is -2.15. The maximum Gasteiger partial charge on any atom is 0.338 e. The minimum absolute atomic E-state index is 0.165. The Balaban J connectivity index is 2.98. The van der Waals surface area contributed by atoms with Crippen LogP contribution in [0.1, 0.15) is 20.8 Å². The normalized spacial score (nSPS) is 9.94. The Morgan fingerprint density at radius 1 is 1.50 bits per heavy atom. The third-order valence-electron chi connectivity index (χ3n) is 2.57. The highest BCUT2D eigenvalue weighted by Crippen LogP contribution is 2.32. The van der Waals surface area contributed by atoms with Crippen molar-refractivity contribution < 1.29 is 14.7 Å². The van der Waals surface area contributed by atoms with Gasteiger partial charge in [0.2, 0.25) is 0 Å². The quantitative estimate of drug-likeness (QED) is 0.825. The number of carboxylic acids is 1. The smallest absolute Gasteiger partial charge is 0.338 e. The second kappa shape index (κ2) is 5.68. The predicted octanol–water partition coefficient (Wildman–Crippen LogP) is 2.71. The number of carbonyl (C=O) groups is 2. The van der Waals surface area contributed by atoms with Gasteiger partial charge in [-0.2, -0.15) is 0 Å². The third kappa shape index (κ3) is 2.89. The van der Waals surface area contributed by atoms with Gasteiger partial charge >= 0.3 is 12.0 Å². The van der Waals surface area contributed by atoms with E-state index in [1.165, 1.54) is 16.2 Å². The summed E-state index contributed by atoms with van der Waals surface area (Å²) in [5.41, 5.74) is 0.854.